The molecule has 1 amide bonds. The third-order valence-electron chi connectivity index (χ3n) is 3.49. The SMILES string of the molecule is CC(C)NCCCCCN(C)C(=O)[C@@H](C)C(C)C. The van der Waals surface area contributed by atoms with Crippen molar-refractivity contribution in [1.82, 2.24) is 10.2 Å². The molecule has 3 nitrogen and oxygen atoms in total. The minimum Gasteiger partial charge on any atom is -0.346 e. The van der Waals surface area contributed by atoms with E-state index in [1.165, 1.54) is 12.8 Å². The molecule has 0 saturated heterocycles. The van der Waals surface area contributed by atoms with E-state index in [0.717, 1.165) is 19.5 Å². The molecule has 0 aromatic carbocycles. The summed E-state index contributed by atoms with van der Waals surface area (Å²) in [7, 11) is 1.92. The van der Waals surface area contributed by atoms with Gasteiger partial charge in [0.15, 0.2) is 0 Å². The Morgan fingerprint density at radius 1 is 1.06 bits per heavy atom. The number of amides is 1. The first-order valence-electron chi connectivity index (χ1n) is 7.34. The third kappa shape index (κ3) is 7.70. The van der Waals surface area contributed by atoms with Crippen LogP contribution in [0.3, 0.4) is 0 Å². The van der Waals surface area contributed by atoms with Crippen molar-refractivity contribution in [3.8, 4) is 0 Å². The summed E-state index contributed by atoms with van der Waals surface area (Å²) in [5, 5.41) is 3.41. The molecule has 0 heterocycles. The lowest BCUT2D eigenvalue weighted by Crippen LogP contribution is -2.34. The van der Waals surface area contributed by atoms with Crippen molar-refractivity contribution in [2.75, 3.05) is 20.1 Å². The fourth-order valence-electron chi connectivity index (χ4n) is 1.78. The first-order valence-corrected chi connectivity index (χ1v) is 7.34. The Balaban J connectivity index is 3.64. The van der Waals surface area contributed by atoms with Gasteiger partial charge in [0.05, 0.1) is 0 Å². The zero-order valence-corrected chi connectivity index (χ0v) is 13.1. The number of rotatable bonds is 9. The Morgan fingerprint density at radius 3 is 2.17 bits per heavy atom. The molecule has 1 atom stereocenters. The topological polar surface area (TPSA) is 32.3 Å². The van der Waals surface area contributed by atoms with Crippen LogP contribution in [0.5, 0.6) is 0 Å². The monoisotopic (exact) mass is 256 g/mol. The van der Waals surface area contributed by atoms with Crippen LogP contribution in [0.2, 0.25) is 0 Å². The maximum atomic E-state index is 12.0. The average molecular weight is 256 g/mol. The Hall–Kier alpha value is -0.570. The second-order valence-electron chi connectivity index (χ2n) is 5.96. The van der Waals surface area contributed by atoms with Crippen molar-refractivity contribution in [2.24, 2.45) is 11.8 Å². The van der Waals surface area contributed by atoms with Gasteiger partial charge in [-0.05, 0) is 25.3 Å². The highest BCUT2D eigenvalue weighted by molar-refractivity contribution is 5.78. The van der Waals surface area contributed by atoms with Crippen LogP contribution in [-0.4, -0.2) is 37.0 Å². The van der Waals surface area contributed by atoms with Crippen LogP contribution >= 0.6 is 0 Å². The highest BCUT2D eigenvalue weighted by Gasteiger charge is 2.19. The second-order valence-corrected chi connectivity index (χ2v) is 5.96. The van der Waals surface area contributed by atoms with Crippen LogP contribution in [0.15, 0.2) is 0 Å². The molecule has 0 rings (SSSR count). The summed E-state index contributed by atoms with van der Waals surface area (Å²) in [5.74, 6) is 0.845. The van der Waals surface area contributed by atoms with Crippen molar-refractivity contribution >= 4 is 5.91 Å². The van der Waals surface area contributed by atoms with E-state index in [-0.39, 0.29) is 11.8 Å². The minimum absolute atomic E-state index is 0.137. The number of hydrogen-bond acceptors (Lipinski definition) is 2. The zero-order chi connectivity index (χ0) is 14.1. The van der Waals surface area contributed by atoms with Gasteiger partial charge in [0.25, 0.3) is 0 Å². The maximum Gasteiger partial charge on any atom is 0.225 e. The van der Waals surface area contributed by atoms with Crippen LogP contribution in [-0.2, 0) is 4.79 Å². The van der Waals surface area contributed by atoms with Gasteiger partial charge < -0.3 is 10.2 Å². The van der Waals surface area contributed by atoms with E-state index in [0.29, 0.717) is 12.0 Å². The standard InChI is InChI=1S/C15H32N2O/c1-12(2)14(5)15(18)17(6)11-9-7-8-10-16-13(3)4/h12-14,16H,7-11H2,1-6H3/t14-/m0/s1. The van der Waals surface area contributed by atoms with Crippen molar-refractivity contribution in [3.05, 3.63) is 0 Å². The average Bonchev–Trinajstić information content (AvgIpc) is 2.30. The van der Waals surface area contributed by atoms with Gasteiger partial charge in [-0.25, -0.2) is 0 Å². The molecule has 0 fully saturated rings. The Labute approximate surface area is 113 Å². The number of nitrogens with zero attached hydrogens (tertiary/aromatic N) is 1. The Kier molecular flexibility index (Phi) is 9.08. The fourth-order valence-corrected chi connectivity index (χ4v) is 1.78. The lowest BCUT2D eigenvalue weighted by atomic mass is 9.97. The maximum absolute atomic E-state index is 12.0. The predicted octanol–water partition coefficient (Wildman–Crippen LogP) is 2.91. The predicted molar refractivity (Wildman–Crippen MR) is 78.6 cm³/mol. The molecule has 0 spiro atoms. The van der Waals surface area contributed by atoms with Gasteiger partial charge in [-0.1, -0.05) is 41.0 Å². The first kappa shape index (κ1) is 17.4. The molecule has 0 aliphatic carbocycles. The normalized spacial score (nSPS) is 13.1. The number of hydrogen-bond donors (Lipinski definition) is 1. The van der Waals surface area contributed by atoms with E-state index >= 15 is 0 Å². The van der Waals surface area contributed by atoms with Gasteiger partial charge >= 0.3 is 0 Å². The number of unbranched alkanes of at least 4 members (excludes halogenated alkanes) is 2. The van der Waals surface area contributed by atoms with E-state index in [9.17, 15) is 4.79 Å². The molecule has 108 valence electrons. The van der Waals surface area contributed by atoms with Gasteiger partial charge in [0, 0.05) is 25.6 Å². The van der Waals surface area contributed by atoms with Crippen LogP contribution in [0.4, 0.5) is 0 Å². The summed E-state index contributed by atoms with van der Waals surface area (Å²) in [6.45, 7) is 12.5. The summed E-state index contributed by atoms with van der Waals surface area (Å²) in [6, 6.07) is 0.571. The third-order valence-corrected chi connectivity index (χ3v) is 3.49. The quantitative estimate of drug-likeness (QED) is 0.643. The van der Waals surface area contributed by atoms with Crippen molar-refractivity contribution in [2.45, 2.75) is 59.9 Å². The largest absolute Gasteiger partial charge is 0.346 e. The lowest BCUT2D eigenvalue weighted by Gasteiger charge is -2.23. The molecule has 0 aliphatic heterocycles. The molecule has 3 heteroatoms. The van der Waals surface area contributed by atoms with E-state index < -0.39 is 0 Å². The molecule has 0 saturated carbocycles. The molecule has 0 bridgehead atoms. The van der Waals surface area contributed by atoms with Crippen molar-refractivity contribution in [1.29, 1.82) is 0 Å². The van der Waals surface area contributed by atoms with Gasteiger partial charge in [-0.2, -0.15) is 0 Å². The van der Waals surface area contributed by atoms with Crippen LogP contribution < -0.4 is 5.32 Å². The summed E-state index contributed by atoms with van der Waals surface area (Å²) < 4.78 is 0. The van der Waals surface area contributed by atoms with E-state index in [1.807, 2.05) is 18.9 Å². The summed E-state index contributed by atoms with van der Waals surface area (Å²) in [4.78, 5) is 13.9. The lowest BCUT2D eigenvalue weighted by molar-refractivity contribution is -0.135. The molecule has 1 N–H and O–H groups in total. The van der Waals surface area contributed by atoms with Crippen molar-refractivity contribution in [3.63, 3.8) is 0 Å². The Morgan fingerprint density at radius 2 is 1.67 bits per heavy atom. The van der Waals surface area contributed by atoms with E-state index in [2.05, 4.69) is 33.0 Å². The molecule has 0 radical (unpaired) electrons. The first-order chi connectivity index (χ1) is 8.36. The molecular weight excluding hydrogens is 224 g/mol. The molecular formula is C15H32N2O. The van der Waals surface area contributed by atoms with Crippen LogP contribution in [0.25, 0.3) is 0 Å². The van der Waals surface area contributed by atoms with E-state index in [1.54, 1.807) is 0 Å². The fraction of sp³-hybridized carbons (Fsp3) is 0.933. The van der Waals surface area contributed by atoms with Gasteiger partial charge in [-0.15, -0.1) is 0 Å². The second kappa shape index (κ2) is 9.37. The molecule has 0 aromatic heterocycles. The number of carbonyl (C=O) groups excluding carboxylic acids is 1. The summed E-state index contributed by atoms with van der Waals surface area (Å²) in [6.07, 6.45) is 3.49. The van der Waals surface area contributed by atoms with Crippen LogP contribution in [0, 0.1) is 11.8 Å². The van der Waals surface area contributed by atoms with Gasteiger partial charge in [0.1, 0.15) is 0 Å². The highest BCUT2D eigenvalue weighted by atomic mass is 16.2. The van der Waals surface area contributed by atoms with Gasteiger partial charge in [0.2, 0.25) is 5.91 Å². The summed E-state index contributed by atoms with van der Waals surface area (Å²) in [5.41, 5.74) is 0. The highest BCUT2D eigenvalue weighted by Crippen LogP contribution is 2.12. The van der Waals surface area contributed by atoms with Crippen LogP contribution in [0.1, 0.15) is 53.9 Å². The van der Waals surface area contributed by atoms with E-state index in [4.69, 9.17) is 0 Å². The minimum atomic E-state index is 0.137. The van der Waals surface area contributed by atoms with Gasteiger partial charge in [-0.3, -0.25) is 4.79 Å². The molecule has 0 aromatic rings. The molecule has 0 unspecified atom stereocenters. The summed E-state index contributed by atoms with van der Waals surface area (Å²) >= 11 is 0. The molecule has 0 aliphatic rings. The smallest absolute Gasteiger partial charge is 0.225 e. The Bertz CT molecular complexity index is 227. The number of carbonyl (C=O) groups is 1. The number of nitrogens with one attached hydrogen (secondary N) is 1. The zero-order valence-electron chi connectivity index (χ0n) is 13.1. The van der Waals surface area contributed by atoms with Crippen molar-refractivity contribution < 1.29 is 4.79 Å². The molecule has 18 heavy (non-hydrogen) atoms.